The summed E-state index contributed by atoms with van der Waals surface area (Å²) in [7, 11) is -0.665. The number of hydrogen-bond donors (Lipinski definition) is 3. The molecular weight excluding hydrogens is 436 g/mol. The fraction of sp³-hybridized carbons (Fsp3) is 0.320. The average Bonchev–Trinajstić information content (AvgIpc) is 3.22. The minimum atomic E-state index is -2.26. The second kappa shape index (κ2) is 9.48. The van der Waals surface area contributed by atoms with E-state index in [-0.39, 0.29) is 10.9 Å². The third-order valence-corrected chi connectivity index (χ3v) is 10.9. The zero-order chi connectivity index (χ0) is 23.5. The highest BCUT2D eigenvalue weighted by molar-refractivity contribution is 7.10. The smallest absolute Gasteiger partial charge is 0.255 e. The Balaban J connectivity index is 1.80. The lowest BCUT2D eigenvalue weighted by Gasteiger charge is -2.35. The van der Waals surface area contributed by atoms with Crippen LogP contribution < -0.4 is 15.8 Å². The summed E-state index contributed by atoms with van der Waals surface area (Å²) in [5.74, 6) is 0.474. The normalized spacial score (nSPS) is 11.9. The molecule has 0 unspecified atom stereocenters. The molecule has 0 saturated heterocycles. The first-order chi connectivity index (χ1) is 15.0. The van der Waals surface area contributed by atoms with Crippen LogP contribution in [0.5, 0.6) is 5.75 Å². The van der Waals surface area contributed by atoms with Gasteiger partial charge in [-0.15, -0.1) is 11.3 Å². The van der Waals surface area contributed by atoms with Gasteiger partial charge in [0.1, 0.15) is 5.75 Å². The summed E-state index contributed by atoms with van der Waals surface area (Å²) in [6.45, 7) is 8.31. The number of rotatable bonds is 8. The SMILES string of the molecule is COc1ccc(C(=O)Nc2cc(-c3ccsc3CCC(C)(C)[Si](C)(C)O)ccc2N)cc1. The third-order valence-electron chi connectivity index (χ3n) is 6.34. The Morgan fingerprint density at radius 3 is 2.47 bits per heavy atom. The lowest BCUT2D eigenvalue weighted by Crippen LogP contribution is -2.39. The monoisotopic (exact) mass is 468 g/mol. The van der Waals surface area contributed by atoms with Crippen molar-refractivity contribution in [3.8, 4) is 16.9 Å². The average molecular weight is 469 g/mol. The van der Waals surface area contributed by atoms with Crippen molar-refractivity contribution >= 4 is 36.9 Å². The molecule has 0 fully saturated rings. The number of carbonyl (C=O) groups is 1. The summed E-state index contributed by atoms with van der Waals surface area (Å²) < 4.78 is 5.15. The van der Waals surface area contributed by atoms with Gasteiger partial charge >= 0.3 is 0 Å². The zero-order valence-electron chi connectivity index (χ0n) is 19.4. The van der Waals surface area contributed by atoms with Crippen LogP contribution in [0.1, 0.15) is 35.5 Å². The lowest BCUT2D eigenvalue weighted by atomic mass is 10.00. The van der Waals surface area contributed by atoms with E-state index < -0.39 is 8.32 Å². The van der Waals surface area contributed by atoms with E-state index in [1.165, 1.54) is 4.88 Å². The fourth-order valence-corrected chi connectivity index (χ4v) is 4.93. The number of aryl methyl sites for hydroxylation is 1. The number of nitrogens with two attached hydrogens (primary N) is 1. The van der Waals surface area contributed by atoms with E-state index in [1.807, 2.05) is 31.3 Å². The molecule has 1 aromatic heterocycles. The van der Waals surface area contributed by atoms with Crippen molar-refractivity contribution in [1.29, 1.82) is 0 Å². The number of amides is 1. The molecule has 2 aromatic carbocycles. The number of methoxy groups -OCH3 is 1. The van der Waals surface area contributed by atoms with E-state index in [4.69, 9.17) is 10.5 Å². The maximum Gasteiger partial charge on any atom is 0.255 e. The Hall–Kier alpha value is -2.61. The van der Waals surface area contributed by atoms with Crippen molar-refractivity contribution in [2.75, 3.05) is 18.2 Å². The number of hydrogen-bond acceptors (Lipinski definition) is 5. The van der Waals surface area contributed by atoms with Crippen molar-refractivity contribution < 1.29 is 14.3 Å². The van der Waals surface area contributed by atoms with E-state index >= 15 is 0 Å². The van der Waals surface area contributed by atoms with Crippen LogP contribution in [0.4, 0.5) is 11.4 Å². The van der Waals surface area contributed by atoms with Crippen LogP contribution in [-0.4, -0.2) is 26.1 Å². The van der Waals surface area contributed by atoms with Gasteiger partial charge in [-0.25, -0.2) is 0 Å². The summed E-state index contributed by atoms with van der Waals surface area (Å²) in [6, 6.07) is 14.8. The molecule has 0 aliphatic heterocycles. The van der Waals surface area contributed by atoms with E-state index in [0.29, 0.717) is 22.7 Å². The van der Waals surface area contributed by atoms with Gasteiger partial charge in [0.25, 0.3) is 5.91 Å². The summed E-state index contributed by atoms with van der Waals surface area (Å²) >= 11 is 1.72. The standard InChI is InChI=1S/C25H32N2O3SSi/c1-25(2,32(4,5)29)14-12-23-20(13-15-31-23)18-8-11-21(26)22(16-18)27-24(28)17-6-9-19(30-3)10-7-17/h6-11,13,15-16,29H,12,14,26H2,1-5H3,(H,27,28). The predicted molar refractivity (Wildman–Crippen MR) is 137 cm³/mol. The maximum absolute atomic E-state index is 12.7. The number of anilines is 2. The topological polar surface area (TPSA) is 84.6 Å². The molecule has 0 atom stereocenters. The van der Waals surface area contributed by atoms with E-state index in [2.05, 4.69) is 30.6 Å². The third kappa shape index (κ3) is 5.41. The zero-order valence-corrected chi connectivity index (χ0v) is 21.2. The minimum absolute atomic E-state index is 0.0765. The van der Waals surface area contributed by atoms with Gasteiger partial charge in [0.05, 0.1) is 18.5 Å². The molecule has 1 amide bonds. The van der Waals surface area contributed by atoms with Crippen LogP contribution in [-0.2, 0) is 6.42 Å². The van der Waals surface area contributed by atoms with Crippen LogP contribution in [0.2, 0.25) is 18.1 Å². The van der Waals surface area contributed by atoms with Gasteiger partial charge in [0.15, 0.2) is 8.32 Å². The molecule has 5 nitrogen and oxygen atoms in total. The van der Waals surface area contributed by atoms with E-state index in [9.17, 15) is 9.59 Å². The number of nitrogens with one attached hydrogen (secondary N) is 1. The molecule has 0 saturated carbocycles. The van der Waals surface area contributed by atoms with E-state index in [0.717, 1.165) is 24.0 Å². The van der Waals surface area contributed by atoms with Crippen LogP contribution in [0.25, 0.3) is 11.1 Å². The molecule has 0 radical (unpaired) electrons. The highest BCUT2D eigenvalue weighted by Crippen LogP contribution is 2.42. The summed E-state index contributed by atoms with van der Waals surface area (Å²) in [5.41, 5.74) is 9.95. The van der Waals surface area contributed by atoms with Crippen LogP contribution in [0.3, 0.4) is 0 Å². The van der Waals surface area contributed by atoms with Crippen molar-refractivity contribution in [2.45, 2.75) is 44.8 Å². The second-order valence-corrected chi connectivity index (χ2v) is 14.7. The molecule has 0 aliphatic rings. The Kier molecular flexibility index (Phi) is 7.12. The van der Waals surface area contributed by atoms with Gasteiger partial charge < -0.3 is 20.6 Å². The first-order valence-corrected chi connectivity index (χ1v) is 14.5. The first-order valence-electron chi connectivity index (χ1n) is 10.7. The lowest BCUT2D eigenvalue weighted by molar-refractivity contribution is 0.102. The Labute approximate surface area is 195 Å². The molecule has 0 aliphatic carbocycles. The molecule has 4 N–H and O–H groups in total. The molecule has 3 aromatic rings. The predicted octanol–water partition coefficient (Wildman–Crippen LogP) is 6.17. The molecule has 1 heterocycles. The molecule has 170 valence electrons. The van der Waals surface area contributed by atoms with Gasteiger partial charge in [-0.05, 0) is 89.9 Å². The summed E-state index contributed by atoms with van der Waals surface area (Å²) in [4.78, 5) is 24.6. The summed E-state index contributed by atoms with van der Waals surface area (Å²) in [5, 5.41) is 4.95. The van der Waals surface area contributed by atoms with Crippen molar-refractivity contribution in [3.63, 3.8) is 0 Å². The Morgan fingerprint density at radius 2 is 1.84 bits per heavy atom. The molecule has 32 heavy (non-hydrogen) atoms. The van der Waals surface area contributed by atoms with Gasteiger partial charge in [-0.2, -0.15) is 0 Å². The molecule has 3 rings (SSSR count). The number of nitrogen functional groups attached to an aromatic ring is 1. The van der Waals surface area contributed by atoms with Gasteiger partial charge in [-0.3, -0.25) is 4.79 Å². The number of thiophene rings is 1. The Morgan fingerprint density at radius 1 is 1.16 bits per heavy atom. The van der Waals surface area contributed by atoms with Crippen LogP contribution in [0.15, 0.2) is 53.9 Å². The van der Waals surface area contributed by atoms with Gasteiger partial charge in [-0.1, -0.05) is 19.9 Å². The molecular formula is C25H32N2O3SSi. The number of benzene rings is 2. The first kappa shape index (κ1) is 24.0. The maximum atomic E-state index is 12.7. The highest BCUT2D eigenvalue weighted by atomic mass is 32.1. The van der Waals surface area contributed by atoms with E-state index in [1.54, 1.807) is 42.7 Å². The largest absolute Gasteiger partial charge is 0.497 e. The van der Waals surface area contributed by atoms with Crippen molar-refractivity contribution in [3.05, 3.63) is 64.4 Å². The molecule has 7 heteroatoms. The molecule has 0 spiro atoms. The van der Waals surface area contributed by atoms with Crippen LogP contribution in [0, 0.1) is 0 Å². The number of ether oxygens (including phenoxy) is 1. The highest BCUT2D eigenvalue weighted by Gasteiger charge is 2.37. The fourth-order valence-electron chi connectivity index (χ4n) is 3.29. The molecule has 0 bridgehead atoms. The Bertz CT molecular complexity index is 1090. The van der Waals surface area contributed by atoms with Crippen molar-refractivity contribution in [2.24, 2.45) is 0 Å². The second-order valence-electron chi connectivity index (χ2n) is 9.19. The quantitative estimate of drug-likeness (QED) is 0.273. The van der Waals surface area contributed by atoms with Gasteiger partial charge in [0.2, 0.25) is 0 Å². The summed E-state index contributed by atoms with van der Waals surface area (Å²) in [6.07, 6.45) is 1.82. The van der Waals surface area contributed by atoms with Gasteiger partial charge in [0, 0.05) is 10.4 Å². The van der Waals surface area contributed by atoms with Crippen LogP contribution >= 0.6 is 11.3 Å². The number of carbonyl (C=O) groups excluding carboxylic acids is 1. The minimum Gasteiger partial charge on any atom is -0.497 e. The van der Waals surface area contributed by atoms with Crippen molar-refractivity contribution in [1.82, 2.24) is 0 Å².